The third-order valence-corrected chi connectivity index (χ3v) is 2.57. The topological polar surface area (TPSA) is 90.8 Å². The molecular formula is C10H14N6O2. The number of nitrogens with zero attached hydrogens (tertiary/aromatic N) is 5. The number of rotatable bonds is 4. The zero-order chi connectivity index (χ0) is 13.3. The van der Waals surface area contributed by atoms with Gasteiger partial charge < -0.3 is 5.32 Å². The lowest BCUT2D eigenvalue weighted by Crippen LogP contribution is -2.02. The molecule has 2 aromatic heterocycles. The zero-order valence-electron chi connectivity index (χ0n) is 10.4. The molecule has 0 saturated carbocycles. The smallest absolute Gasteiger partial charge is 0.318 e. The van der Waals surface area contributed by atoms with Crippen molar-refractivity contribution in [1.29, 1.82) is 0 Å². The average Bonchev–Trinajstić information content (AvgIpc) is 2.84. The molecule has 1 N–H and O–H groups in total. The van der Waals surface area contributed by atoms with Crippen molar-refractivity contribution >= 4 is 17.3 Å². The number of nitrogens with one attached hydrogen (secondary N) is 1. The summed E-state index contributed by atoms with van der Waals surface area (Å²) in [5.41, 5.74) is 0.464. The van der Waals surface area contributed by atoms with Gasteiger partial charge in [-0.3, -0.25) is 14.8 Å². The van der Waals surface area contributed by atoms with Crippen LogP contribution in [0.3, 0.4) is 0 Å². The number of nitro groups is 1. The first kappa shape index (κ1) is 12.1. The van der Waals surface area contributed by atoms with Crippen molar-refractivity contribution in [1.82, 2.24) is 19.6 Å². The first-order chi connectivity index (χ1) is 8.52. The van der Waals surface area contributed by atoms with Gasteiger partial charge in [-0.25, -0.2) is 4.68 Å². The van der Waals surface area contributed by atoms with Crippen LogP contribution in [0.2, 0.25) is 0 Å². The van der Waals surface area contributed by atoms with E-state index in [0.29, 0.717) is 23.8 Å². The largest absolute Gasteiger partial charge is 0.334 e. The molecular weight excluding hydrogens is 236 g/mol. The number of aromatic nitrogens is 4. The Balaban J connectivity index is 2.43. The van der Waals surface area contributed by atoms with Crippen LogP contribution in [0.5, 0.6) is 0 Å². The fraction of sp³-hybridized carbons (Fsp3) is 0.400. The highest BCUT2D eigenvalue weighted by atomic mass is 16.6. The highest BCUT2D eigenvalue weighted by molar-refractivity contribution is 5.65. The summed E-state index contributed by atoms with van der Waals surface area (Å²) in [5, 5.41) is 22.3. The van der Waals surface area contributed by atoms with E-state index >= 15 is 0 Å². The first-order valence-electron chi connectivity index (χ1n) is 5.49. The summed E-state index contributed by atoms with van der Waals surface area (Å²) in [6, 6.07) is 1.74. The number of hydrogen-bond donors (Lipinski definition) is 1. The lowest BCUT2D eigenvalue weighted by Gasteiger charge is -2.02. The molecule has 2 aromatic rings. The van der Waals surface area contributed by atoms with Gasteiger partial charge in [0.1, 0.15) is 5.69 Å². The first-order valence-corrected chi connectivity index (χ1v) is 5.49. The minimum atomic E-state index is -0.420. The van der Waals surface area contributed by atoms with Crippen molar-refractivity contribution in [2.75, 3.05) is 5.32 Å². The second-order valence-electron chi connectivity index (χ2n) is 3.88. The van der Waals surface area contributed by atoms with Gasteiger partial charge in [0.25, 0.3) is 0 Å². The molecule has 0 amide bonds. The maximum atomic E-state index is 11.1. The van der Waals surface area contributed by atoms with E-state index in [-0.39, 0.29) is 5.69 Å². The minimum absolute atomic E-state index is 0.00523. The molecule has 8 heteroatoms. The van der Waals surface area contributed by atoms with Crippen molar-refractivity contribution in [2.24, 2.45) is 14.1 Å². The Morgan fingerprint density at radius 3 is 2.67 bits per heavy atom. The van der Waals surface area contributed by atoms with Gasteiger partial charge in [0.2, 0.25) is 5.82 Å². The summed E-state index contributed by atoms with van der Waals surface area (Å²) >= 11 is 0. The van der Waals surface area contributed by atoms with Crippen LogP contribution in [0.1, 0.15) is 12.6 Å². The second-order valence-corrected chi connectivity index (χ2v) is 3.88. The van der Waals surface area contributed by atoms with Crippen LogP contribution in [0, 0.1) is 10.1 Å². The van der Waals surface area contributed by atoms with Gasteiger partial charge in [-0.1, -0.05) is 6.92 Å². The molecule has 0 spiro atoms. The van der Waals surface area contributed by atoms with E-state index in [2.05, 4.69) is 15.5 Å². The number of hydrogen-bond acceptors (Lipinski definition) is 5. The Morgan fingerprint density at radius 1 is 1.44 bits per heavy atom. The molecule has 0 radical (unpaired) electrons. The molecule has 0 unspecified atom stereocenters. The molecule has 0 aliphatic heterocycles. The molecule has 0 aromatic carbocycles. The quantitative estimate of drug-likeness (QED) is 0.653. The third-order valence-electron chi connectivity index (χ3n) is 2.57. The molecule has 0 fully saturated rings. The van der Waals surface area contributed by atoms with Crippen LogP contribution >= 0.6 is 0 Å². The number of anilines is 2. The van der Waals surface area contributed by atoms with Crippen molar-refractivity contribution < 1.29 is 4.92 Å². The van der Waals surface area contributed by atoms with E-state index in [0.717, 1.165) is 0 Å². The Bertz CT molecular complexity index is 585. The van der Waals surface area contributed by atoms with Gasteiger partial charge in [-0.15, -0.1) is 0 Å². The highest BCUT2D eigenvalue weighted by Crippen LogP contribution is 2.30. The Morgan fingerprint density at radius 2 is 2.17 bits per heavy atom. The van der Waals surface area contributed by atoms with Gasteiger partial charge >= 0.3 is 5.69 Å². The Labute approximate surface area is 103 Å². The fourth-order valence-electron chi connectivity index (χ4n) is 1.74. The second kappa shape index (κ2) is 4.47. The predicted octanol–water partition coefficient (Wildman–Crippen LogP) is 1.37. The van der Waals surface area contributed by atoms with Crippen LogP contribution in [0.25, 0.3) is 0 Å². The molecule has 8 nitrogen and oxygen atoms in total. The van der Waals surface area contributed by atoms with Gasteiger partial charge in [-0.2, -0.15) is 10.2 Å². The van der Waals surface area contributed by atoms with Crippen LogP contribution in [-0.2, 0) is 20.5 Å². The maximum Gasteiger partial charge on any atom is 0.334 e. The summed E-state index contributed by atoms with van der Waals surface area (Å²) in [4.78, 5) is 10.7. The highest BCUT2D eigenvalue weighted by Gasteiger charge is 2.25. The molecule has 2 rings (SSSR count). The molecule has 0 aliphatic carbocycles. The lowest BCUT2D eigenvalue weighted by molar-refractivity contribution is -0.384. The monoisotopic (exact) mass is 250 g/mol. The van der Waals surface area contributed by atoms with Gasteiger partial charge in [0, 0.05) is 26.4 Å². The zero-order valence-corrected chi connectivity index (χ0v) is 10.4. The van der Waals surface area contributed by atoms with Crippen LogP contribution < -0.4 is 5.32 Å². The minimum Gasteiger partial charge on any atom is -0.318 e. The molecule has 0 atom stereocenters. The summed E-state index contributed by atoms with van der Waals surface area (Å²) in [6.45, 7) is 1.83. The maximum absolute atomic E-state index is 11.1. The van der Waals surface area contributed by atoms with E-state index in [1.165, 1.54) is 4.68 Å². The molecule has 0 aliphatic rings. The van der Waals surface area contributed by atoms with Crippen LogP contribution in [0.15, 0.2) is 12.3 Å². The van der Waals surface area contributed by atoms with Crippen molar-refractivity contribution in [2.45, 2.75) is 13.3 Å². The molecule has 0 bridgehead atoms. The third kappa shape index (κ3) is 2.04. The van der Waals surface area contributed by atoms with E-state index in [9.17, 15) is 10.1 Å². The average molecular weight is 250 g/mol. The molecule has 18 heavy (non-hydrogen) atoms. The number of aryl methyl sites for hydroxylation is 3. The van der Waals surface area contributed by atoms with Crippen molar-refractivity contribution in [3.05, 3.63) is 28.1 Å². The van der Waals surface area contributed by atoms with E-state index in [1.807, 2.05) is 6.92 Å². The van der Waals surface area contributed by atoms with Crippen molar-refractivity contribution in [3.8, 4) is 0 Å². The van der Waals surface area contributed by atoms with E-state index < -0.39 is 4.92 Å². The van der Waals surface area contributed by atoms with Crippen LogP contribution in [0.4, 0.5) is 17.3 Å². The summed E-state index contributed by atoms with van der Waals surface area (Å²) in [6.07, 6.45) is 2.26. The van der Waals surface area contributed by atoms with Gasteiger partial charge in [-0.05, 0) is 6.42 Å². The molecule has 96 valence electrons. The Kier molecular flexibility index (Phi) is 3.00. The van der Waals surface area contributed by atoms with Crippen LogP contribution in [-0.4, -0.2) is 24.5 Å². The molecule has 2 heterocycles. The predicted molar refractivity (Wildman–Crippen MR) is 65.7 cm³/mol. The van der Waals surface area contributed by atoms with Crippen molar-refractivity contribution in [3.63, 3.8) is 0 Å². The summed E-state index contributed by atoms with van der Waals surface area (Å²) in [5.74, 6) is 0.891. The molecule has 0 saturated heterocycles. The standard InChI is InChI=1S/C10H14N6O2/c1-4-7-9(16(17)18)10(15(3)12-7)11-8-5-6-14(2)13-8/h5-6H,4H2,1-3H3,(H,11,13). The fourth-order valence-corrected chi connectivity index (χ4v) is 1.74. The van der Waals surface area contributed by atoms with Gasteiger partial charge in [0.15, 0.2) is 5.82 Å². The lowest BCUT2D eigenvalue weighted by atomic mass is 10.3. The van der Waals surface area contributed by atoms with E-state index in [4.69, 9.17) is 0 Å². The normalized spacial score (nSPS) is 10.6. The van der Waals surface area contributed by atoms with Gasteiger partial charge in [0.05, 0.1) is 4.92 Å². The van der Waals surface area contributed by atoms with E-state index in [1.54, 1.807) is 31.0 Å². The Hall–Kier alpha value is -2.38. The summed E-state index contributed by atoms with van der Waals surface area (Å²) in [7, 11) is 3.44. The summed E-state index contributed by atoms with van der Waals surface area (Å²) < 4.78 is 3.08. The SMILES string of the molecule is CCc1nn(C)c(Nc2ccn(C)n2)c1[N+](=O)[O-].